The first-order valence-electron chi connectivity index (χ1n) is 6.05. The summed E-state index contributed by atoms with van der Waals surface area (Å²) in [4.78, 5) is 12.1. The molecule has 1 saturated carbocycles. The van der Waals surface area contributed by atoms with Gasteiger partial charge in [-0.1, -0.05) is 6.42 Å². The van der Waals surface area contributed by atoms with Crippen LogP contribution in [0.2, 0.25) is 0 Å². The highest BCUT2D eigenvalue weighted by molar-refractivity contribution is 6.18. The van der Waals surface area contributed by atoms with Crippen molar-refractivity contribution >= 4 is 17.5 Å². The van der Waals surface area contributed by atoms with Crippen molar-refractivity contribution in [1.82, 2.24) is 5.32 Å². The van der Waals surface area contributed by atoms with Gasteiger partial charge >= 0.3 is 0 Å². The van der Waals surface area contributed by atoms with Gasteiger partial charge in [0.05, 0.1) is 5.56 Å². The molecule has 3 nitrogen and oxygen atoms in total. The molecule has 4 heteroatoms. The summed E-state index contributed by atoms with van der Waals surface area (Å²) >= 11 is 5.90. The molecule has 1 aromatic heterocycles. The molecule has 94 valence electrons. The minimum Gasteiger partial charge on any atom is -0.466 e. The van der Waals surface area contributed by atoms with E-state index in [2.05, 4.69) is 5.32 Å². The van der Waals surface area contributed by atoms with Gasteiger partial charge in [-0.15, -0.1) is 11.6 Å². The van der Waals surface area contributed by atoms with Crippen LogP contribution in [0.25, 0.3) is 0 Å². The molecule has 17 heavy (non-hydrogen) atoms. The van der Waals surface area contributed by atoms with Gasteiger partial charge in [-0.2, -0.15) is 0 Å². The molecule has 0 bridgehead atoms. The molecule has 2 rings (SSSR count). The lowest BCUT2D eigenvalue weighted by Crippen LogP contribution is -2.38. The van der Waals surface area contributed by atoms with Crippen LogP contribution in [0.15, 0.2) is 10.5 Å². The normalized spacial score (nSPS) is 23.9. The van der Waals surface area contributed by atoms with Crippen LogP contribution in [0.1, 0.15) is 41.1 Å². The van der Waals surface area contributed by atoms with Crippen molar-refractivity contribution in [3.8, 4) is 0 Å². The fourth-order valence-electron chi connectivity index (χ4n) is 2.51. The molecule has 1 N–H and O–H groups in total. The third-order valence-electron chi connectivity index (χ3n) is 3.46. The van der Waals surface area contributed by atoms with Gasteiger partial charge in [-0.3, -0.25) is 4.79 Å². The van der Waals surface area contributed by atoms with E-state index in [1.54, 1.807) is 6.07 Å². The van der Waals surface area contributed by atoms with Crippen molar-refractivity contribution in [3.05, 3.63) is 23.2 Å². The summed E-state index contributed by atoms with van der Waals surface area (Å²) in [5, 5.41) is 3.07. The number of rotatable bonds is 3. The predicted octanol–water partition coefficient (Wildman–Crippen LogP) is 3.03. The van der Waals surface area contributed by atoms with Gasteiger partial charge in [0.15, 0.2) is 0 Å². The number of carbonyl (C=O) groups is 1. The Morgan fingerprint density at radius 2 is 2.29 bits per heavy atom. The van der Waals surface area contributed by atoms with Crippen LogP contribution in [0.5, 0.6) is 0 Å². The number of nitrogens with one attached hydrogen (secondary N) is 1. The van der Waals surface area contributed by atoms with E-state index in [-0.39, 0.29) is 11.9 Å². The second-order valence-electron chi connectivity index (χ2n) is 4.75. The fourth-order valence-corrected chi connectivity index (χ4v) is 2.88. The molecular weight excluding hydrogens is 238 g/mol. The summed E-state index contributed by atoms with van der Waals surface area (Å²) in [6.07, 6.45) is 3.28. The van der Waals surface area contributed by atoms with Crippen molar-refractivity contribution in [3.63, 3.8) is 0 Å². The molecule has 1 aliphatic carbocycles. The van der Waals surface area contributed by atoms with Crippen molar-refractivity contribution < 1.29 is 9.21 Å². The van der Waals surface area contributed by atoms with Gasteiger partial charge in [0.1, 0.15) is 11.5 Å². The highest BCUT2D eigenvalue weighted by Crippen LogP contribution is 2.27. The van der Waals surface area contributed by atoms with Gasteiger partial charge in [0.2, 0.25) is 0 Å². The van der Waals surface area contributed by atoms with Crippen LogP contribution < -0.4 is 5.32 Å². The summed E-state index contributed by atoms with van der Waals surface area (Å²) in [5.74, 6) is 2.44. The molecule has 2 atom stereocenters. The number of hydrogen-bond acceptors (Lipinski definition) is 2. The topological polar surface area (TPSA) is 42.2 Å². The Labute approximate surface area is 107 Å². The minimum atomic E-state index is -0.0404. The van der Waals surface area contributed by atoms with Crippen molar-refractivity contribution in [1.29, 1.82) is 0 Å². The molecule has 1 fully saturated rings. The summed E-state index contributed by atoms with van der Waals surface area (Å²) < 4.78 is 5.37. The molecule has 1 aromatic rings. The predicted molar refractivity (Wildman–Crippen MR) is 67.5 cm³/mol. The van der Waals surface area contributed by atoms with E-state index in [1.807, 2.05) is 13.8 Å². The smallest absolute Gasteiger partial charge is 0.255 e. The van der Waals surface area contributed by atoms with Crippen molar-refractivity contribution in [2.45, 2.75) is 39.2 Å². The van der Waals surface area contributed by atoms with Crippen LogP contribution >= 0.6 is 11.6 Å². The van der Waals surface area contributed by atoms with E-state index < -0.39 is 0 Å². The Morgan fingerprint density at radius 3 is 2.88 bits per heavy atom. The van der Waals surface area contributed by atoms with Gasteiger partial charge in [0, 0.05) is 11.9 Å². The van der Waals surface area contributed by atoms with Gasteiger partial charge in [-0.05, 0) is 38.7 Å². The summed E-state index contributed by atoms with van der Waals surface area (Å²) in [5.41, 5.74) is 0.641. The Hall–Kier alpha value is -0.960. The second kappa shape index (κ2) is 5.13. The zero-order valence-electron chi connectivity index (χ0n) is 10.3. The maximum absolute atomic E-state index is 12.1. The SMILES string of the molecule is Cc1cc(C(=O)NC2CCCC2CCl)c(C)o1. The van der Waals surface area contributed by atoms with E-state index >= 15 is 0 Å². The largest absolute Gasteiger partial charge is 0.466 e. The summed E-state index contributed by atoms with van der Waals surface area (Å²) in [7, 11) is 0. The lowest BCUT2D eigenvalue weighted by molar-refractivity contribution is 0.0928. The van der Waals surface area contributed by atoms with Crippen LogP contribution in [-0.2, 0) is 0 Å². The summed E-state index contributed by atoms with van der Waals surface area (Å²) in [6.45, 7) is 3.66. The number of carbonyl (C=O) groups excluding carboxylic acids is 1. The molecule has 0 saturated heterocycles. The van der Waals surface area contributed by atoms with Gasteiger partial charge in [-0.25, -0.2) is 0 Å². The quantitative estimate of drug-likeness (QED) is 0.844. The first-order chi connectivity index (χ1) is 8.11. The Morgan fingerprint density at radius 1 is 1.53 bits per heavy atom. The molecule has 0 aromatic carbocycles. The molecular formula is C13H18ClNO2. The van der Waals surface area contributed by atoms with E-state index in [0.29, 0.717) is 23.1 Å². The third kappa shape index (κ3) is 2.65. The number of amides is 1. The number of hydrogen-bond donors (Lipinski definition) is 1. The van der Waals surface area contributed by atoms with E-state index in [9.17, 15) is 4.79 Å². The first kappa shape index (κ1) is 12.5. The van der Waals surface area contributed by atoms with Crippen LogP contribution in [0.3, 0.4) is 0 Å². The Kier molecular flexibility index (Phi) is 3.77. The molecule has 2 unspecified atom stereocenters. The molecule has 1 amide bonds. The Balaban J connectivity index is 2.04. The lowest BCUT2D eigenvalue weighted by atomic mass is 10.1. The minimum absolute atomic E-state index is 0.0404. The number of alkyl halides is 1. The number of aryl methyl sites for hydroxylation is 2. The van der Waals surface area contributed by atoms with Crippen molar-refractivity contribution in [2.75, 3.05) is 5.88 Å². The monoisotopic (exact) mass is 255 g/mol. The highest BCUT2D eigenvalue weighted by atomic mass is 35.5. The fraction of sp³-hybridized carbons (Fsp3) is 0.615. The molecule has 1 heterocycles. The first-order valence-corrected chi connectivity index (χ1v) is 6.59. The van der Waals surface area contributed by atoms with E-state index in [4.69, 9.17) is 16.0 Å². The van der Waals surface area contributed by atoms with Gasteiger partial charge in [0.25, 0.3) is 5.91 Å². The zero-order chi connectivity index (χ0) is 12.4. The number of halogens is 1. The highest BCUT2D eigenvalue weighted by Gasteiger charge is 2.28. The van der Waals surface area contributed by atoms with Crippen LogP contribution in [0, 0.1) is 19.8 Å². The molecule has 0 aliphatic heterocycles. The maximum atomic E-state index is 12.1. The van der Waals surface area contributed by atoms with Crippen LogP contribution in [-0.4, -0.2) is 17.8 Å². The third-order valence-corrected chi connectivity index (χ3v) is 3.86. The summed E-state index contributed by atoms with van der Waals surface area (Å²) in [6, 6.07) is 2.00. The number of furan rings is 1. The van der Waals surface area contributed by atoms with Crippen molar-refractivity contribution in [2.24, 2.45) is 5.92 Å². The van der Waals surface area contributed by atoms with Crippen LogP contribution in [0.4, 0.5) is 0 Å². The molecule has 0 radical (unpaired) electrons. The Bertz CT molecular complexity index is 414. The molecule has 1 aliphatic rings. The maximum Gasteiger partial charge on any atom is 0.255 e. The average Bonchev–Trinajstić information content (AvgIpc) is 2.84. The standard InChI is InChI=1S/C13H18ClNO2/c1-8-6-11(9(2)17-8)13(16)15-12-5-3-4-10(12)7-14/h6,10,12H,3-5,7H2,1-2H3,(H,15,16). The van der Waals surface area contributed by atoms with E-state index in [1.165, 1.54) is 0 Å². The molecule has 0 spiro atoms. The average molecular weight is 256 g/mol. The van der Waals surface area contributed by atoms with E-state index in [0.717, 1.165) is 25.0 Å². The zero-order valence-corrected chi connectivity index (χ0v) is 11.0. The second-order valence-corrected chi connectivity index (χ2v) is 5.06. The van der Waals surface area contributed by atoms with Gasteiger partial charge < -0.3 is 9.73 Å². The lowest BCUT2D eigenvalue weighted by Gasteiger charge is -2.18.